The summed E-state index contributed by atoms with van der Waals surface area (Å²) in [5.41, 5.74) is -0.531. The van der Waals surface area contributed by atoms with Crippen molar-refractivity contribution in [2.45, 2.75) is 52.1 Å². The molecule has 1 saturated carbocycles. The maximum atomic E-state index is 12.5. The van der Waals surface area contributed by atoms with E-state index in [0.717, 1.165) is 35.8 Å². The van der Waals surface area contributed by atoms with Gasteiger partial charge in [-0.25, -0.2) is 4.98 Å². The number of alkyl halides is 3. The molecule has 0 radical (unpaired) electrons. The van der Waals surface area contributed by atoms with Crippen LogP contribution in [0.25, 0.3) is 0 Å². The third kappa shape index (κ3) is 7.28. The summed E-state index contributed by atoms with van der Waals surface area (Å²) in [6.07, 6.45) is 1.02. The van der Waals surface area contributed by atoms with Crippen LogP contribution in [0.15, 0.2) is 10.4 Å². The van der Waals surface area contributed by atoms with Gasteiger partial charge in [0.25, 0.3) is 0 Å². The Morgan fingerprint density at radius 1 is 1.32 bits per heavy atom. The molecule has 0 spiro atoms. The Morgan fingerprint density at radius 3 is 2.56 bits per heavy atom. The molecule has 1 fully saturated rings. The summed E-state index contributed by atoms with van der Waals surface area (Å²) >= 11 is 1.04. The monoisotopic (exact) mass is 490 g/mol. The van der Waals surface area contributed by atoms with Gasteiger partial charge in [0.1, 0.15) is 0 Å². The summed E-state index contributed by atoms with van der Waals surface area (Å²) in [7, 11) is 0. The summed E-state index contributed by atoms with van der Waals surface area (Å²) < 4.78 is 37.6. The van der Waals surface area contributed by atoms with Crippen LogP contribution in [0, 0.1) is 5.41 Å². The number of nitrogens with zero attached hydrogens (tertiary/aromatic N) is 2. The molecule has 0 atom stereocenters. The summed E-state index contributed by atoms with van der Waals surface area (Å²) in [5.74, 6) is 0.721. The molecular weight excluding hydrogens is 464 g/mol. The Hall–Kier alpha value is -0.580. The normalized spacial score (nSPS) is 17.2. The molecule has 0 amide bonds. The van der Waals surface area contributed by atoms with Crippen LogP contribution in [-0.2, 0) is 12.6 Å². The molecule has 1 heterocycles. The Kier molecular flexibility index (Phi) is 8.93. The average Bonchev–Trinajstić information content (AvgIpc) is 3.14. The zero-order valence-corrected chi connectivity index (χ0v) is 17.7. The average molecular weight is 490 g/mol. The molecule has 0 unspecified atom stereocenters. The van der Waals surface area contributed by atoms with Crippen molar-refractivity contribution in [3.05, 3.63) is 16.1 Å². The molecule has 1 aliphatic carbocycles. The summed E-state index contributed by atoms with van der Waals surface area (Å²) in [5, 5.41) is 7.91. The van der Waals surface area contributed by atoms with Gasteiger partial charge in [-0.2, -0.15) is 13.2 Å². The number of thiazole rings is 1. The summed E-state index contributed by atoms with van der Waals surface area (Å²) in [4.78, 5) is 8.28. The molecule has 0 aliphatic heterocycles. The van der Waals surface area contributed by atoms with E-state index in [1.165, 1.54) is 25.7 Å². The highest BCUT2D eigenvalue weighted by Crippen LogP contribution is 2.37. The van der Waals surface area contributed by atoms with Crippen LogP contribution in [0.3, 0.4) is 0 Å². The number of guanidine groups is 1. The second-order valence-corrected chi connectivity index (χ2v) is 7.46. The molecule has 1 aliphatic rings. The fourth-order valence-corrected chi connectivity index (χ4v) is 3.65. The first kappa shape index (κ1) is 22.5. The molecule has 0 saturated heterocycles. The van der Waals surface area contributed by atoms with Crippen LogP contribution in [0.1, 0.15) is 50.2 Å². The van der Waals surface area contributed by atoms with Crippen LogP contribution in [0.2, 0.25) is 0 Å². The SMILES string of the molecule is CCNC(=NCC1(C)CCCC1)NCCc1nc(C(F)(F)F)cs1.I. The molecule has 9 heteroatoms. The van der Waals surface area contributed by atoms with E-state index in [1.54, 1.807) is 0 Å². The van der Waals surface area contributed by atoms with Crippen molar-refractivity contribution in [1.82, 2.24) is 15.6 Å². The van der Waals surface area contributed by atoms with Gasteiger partial charge >= 0.3 is 6.18 Å². The van der Waals surface area contributed by atoms with E-state index in [2.05, 4.69) is 27.5 Å². The lowest BCUT2D eigenvalue weighted by Crippen LogP contribution is -2.39. The highest BCUT2D eigenvalue weighted by molar-refractivity contribution is 14.0. The highest BCUT2D eigenvalue weighted by Gasteiger charge is 2.33. The number of hydrogen-bond acceptors (Lipinski definition) is 3. The number of nitrogens with one attached hydrogen (secondary N) is 2. The molecule has 0 bridgehead atoms. The lowest BCUT2D eigenvalue weighted by atomic mass is 9.89. The first-order valence-electron chi connectivity index (χ1n) is 8.36. The first-order valence-corrected chi connectivity index (χ1v) is 9.24. The van der Waals surface area contributed by atoms with Gasteiger partial charge in [0.15, 0.2) is 11.7 Å². The van der Waals surface area contributed by atoms with Crippen molar-refractivity contribution in [3.8, 4) is 0 Å². The Labute approximate surface area is 168 Å². The number of aliphatic imine (C=N–C) groups is 1. The van der Waals surface area contributed by atoms with Gasteiger partial charge in [0.2, 0.25) is 0 Å². The number of aromatic nitrogens is 1. The standard InChI is InChI=1S/C16H25F3N4S.HI/c1-3-20-14(22-11-15(2)7-4-5-8-15)21-9-6-13-23-12(10-24-13)16(17,18)19;/h10H,3-9,11H2,1-2H3,(H2,20,21,22);1H. The third-order valence-electron chi connectivity index (χ3n) is 4.25. The van der Waals surface area contributed by atoms with Crippen LogP contribution < -0.4 is 10.6 Å². The second-order valence-electron chi connectivity index (χ2n) is 6.51. The predicted molar refractivity (Wildman–Crippen MR) is 107 cm³/mol. The molecule has 2 N–H and O–H groups in total. The minimum absolute atomic E-state index is 0. The van der Waals surface area contributed by atoms with Gasteiger partial charge in [0, 0.05) is 31.4 Å². The smallest absolute Gasteiger partial charge is 0.357 e. The summed E-state index contributed by atoms with van der Waals surface area (Å²) in [6, 6.07) is 0. The molecule has 25 heavy (non-hydrogen) atoms. The van der Waals surface area contributed by atoms with Crippen LogP contribution in [-0.4, -0.2) is 30.6 Å². The van der Waals surface area contributed by atoms with Crippen LogP contribution in [0.5, 0.6) is 0 Å². The van der Waals surface area contributed by atoms with Crippen molar-refractivity contribution < 1.29 is 13.2 Å². The van der Waals surface area contributed by atoms with E-state index in [0.29, 0.717) is 18.0 Å². The summed E-state index contributed by atoms with van der Waals surface area (Å²) in [6.45, 7) is 6.29. The topological polar surface area (TPSA) is 49.3 Å². The van der Waals surface area contributed by atoms with E-state index < -0.39 is 11.9 Å². The van der Waals surface area contributed by atoms with Gasteiger partial charge in [-0.3, -0.25) is 4.99 Å². The zero-order chi connectivity index (χ0) is 17.6. The predicted octanol–water partition coefficient (Wildman–Crippen LogP) is 4.46. The largest absolute Gasteiger partial charge is 0.434 e. The van der Waals surface area contributed by atoms with E-state index >= 15 is 0 Å². The molecule has 1 aromatic heterocycles. The molecule has 0 aromatic carbocycles. The van der Waals surface area contributed by atoms with Crippen molar-refractivity contribution in [2.75, 3.05) is 19.6 Å². The van der Waals surface area contributed by atoms with Gasteiger partial charge < -0.3 is 10.6 Å². The van der Waals surface area contributed by atoms with Crippen LogP contribution in [0.4, 0.5) is 13.2 Å². The minimum atomic E-state index is -4.37. The number of rotatable bonds is 6. The maximum Gasteiger partial charge on any atom is 0.434 e. The van der Waals surface area contributed by atoms with E-state index in [-0.39, 0.29) is 29.4 Å². The number of halogens is 4. The van der Waals surface area contributed by atoms with Crippen molar-refractivity contribution in [1.29, 1.82) is 0 Å². The first-order chi connectivity index (χ1) is 11.3. The molecule has 1 aromatic rings. The Morgan fingerprint density at radius 2 is 2.00 bits per heavy atom. The molecular formula is C16H26F3IN4S. The zero-order valence-electron chi connectivity index (χ0n) is 14.6. The van der Waals surface area contributed by atoms with Gasteiger partial charge in [0.05, 0.1) is 5.01 Å². The molecule has 2 rings (SSSR count). The second kappa shape index (κ2) is 9.94. The third-order valence-corrected chi connectivity index (χ3v) is 5.16. The van der Waals surface area contributed by atoms with Gasteiger partial charge in [-0.05, 0) is 25.2 Å². The Bertz CT molecular complexity index is 554. The van der Waals surface area contributed by atoms with Crippen molar-refractivity contribution in [3.63, 3.8) is 0 Å². The maximum absolute atomic E-state index is 12.5. The van der Waals surface area contributed by atoms with E-state index in [9.17, 15) is 13.2 Å². The lowest BCUT2D eigenvalue weighted by Gasteiger charge is -2.21. The lowest BCUT2D eigenvalue weighted by molar-refractivity contribution is -0.140. The van der Waals surface area contributed by atoms with Crippen molar-refractivity contribution in [2.24, 2.45) is 10.4 Å². The Balaban J connectivity index is 0.00000312. The fourth-order valence-electron chi connectivity index (χ4n) is 2.84. The molecule has 144 valence electrons. The van der Waals surface area contributed by atoms with E-state index in [4.69, 9.17) is 0 Å². The van der Waals surface area contributed by atoms with Crippen molar-refractivity contribution >= 4 is 41.3 Å². The van der Waals surface area contributed by atoms with E-state index in [1.807, 2.05) is 6.92 Å². The van der Waals surface area contributed by atoms with Gasteiger partial charge in [-0.15, -0.1) is 35.3 Å². The van der Waals surface area contributed by atoms with Gasteiger partial charge in [-0.1, -0.05) is 19.8 Å². The highest BCUT2D eigenvalue weighted by atomic mass is 127. The fraction of sp³-hybridized carbons (Fsp3) is 0.750. The minimum Gasteiger partial charge on any atom is -0.357 e. The number of hydrogen-bond donors (Lipinski definition) is 2. The van der Waals surface area contributed by atoms with Crippen LogP contribution >= 0.6 is 35.3 Å². The quantitative estimate of drug-likeness (QED) is 0.352. The molecule has 4 nitrogen and oxygen atoms in total.